The van der Waals surface area contributed by atoms with Gasteiger partial charge in [0.25, 0.3) is 0 Å². The molecule has 1 aliphatic heterocycles. The molecule has 0 atom stereocenters. The number of para-hydroxylation sites is 1. The predicted octanol–water partition coefficient (Wildman–Crippen LogP) is 4.16. The zero-order chi connectivity index (χ0) is 20.5. The van der Waals surface area contributed by atoms with Crippen LogP contribution in [-0.2, 0) is 13.1 Å². The van der Waals surface area contributed by atoms with Gasteiger partial charge in [0.15, 0.2) is 5.96 Å². The number of alkyl halides is 2. The number of pyridine rings is 1. The molecule has 9 heteroatoms. The van der Waals surface area contributed by atoms with Gasteiger partial charge in [0, 0.05) is 37.9 Å². The number of benzene rings is 1. The lowest BCUT2D eigenvalue weighted by Gasteiger charge is -2.16. The number of aliphatic imine (C=N–C) groups is 1. The number of rotatable bonds is 8. The SMILES string of the molecule is CCNC(=NCc1ccc(N2CCCC2)nc1)NCc1ccccc1OC(F)F.I. The van der Waals surface area contributed by atoms with Crippen molar-refractivity contribution in [2.75, 3.05) is 24.5 Å². The highest BCUT2D eigenvalue weighted by Crippen LogP contribution is 2.20. The molecule has 1 saturated heterocycles. The Hall–Kier alpha value is -2.17. The zero-order valence-electron chi connectivity index (χ0n) is 17.0. The summed E-state index contributed by atoms with van der Waals surface area (Å²) in [7, 11) is 0. The summed E-state index contributed by atoms with van der Waals surface area (Å²) in [5, 5.41) is 6.32. The standard InChI is InChI=1S/C21H27F2N5O.HI/c1-2-24-21(27-15-17-7-3-4-8-18(17)29-20(22)23)26-14-16-9-10-19(25-13-16)28-11-5-6-12-28;/h3-4,7-10,13,20H,2,5-6,11-12,14-15H2,1H3,(H2,24,26,27);1H. The Labute approximate surface area is 193 Å². The summed E-state index contributed by atoms with van der Waals surface area (Å²) in [6, 6.07) is 10.8. The minimum atomic E-state index is -2.85. The van der Waals surface area contributed by atoms with Gasteiger partial charge in [-0.05, 0) is 37.5 Å². The van der Waals surface area contributed by atoms with Gasteiger partial charge in [-0.1, -0.05) is 24.3 Å². The van der Waals surface area contributed by atoms with E-state index >= 15 is 0 Å². The Bertz CT molecular complexity index is 798. The van der Waals surface area contributed by atoms with E-state index in [1.807, 2.05) is 25.3 Å². The summed E-state index contributed by atoms with van der Waals surface area (Å²) in [5.74, 6) is 1.77. The number of hydrogen-bond donors (Lipinski definition) is 2. The molecule has 0 amide bonds. The fraction of sp³-hybridized carbons (Fsp3) is 0.429. The molecule has 0 bridgehead atoms. The van der Waals surface area contributed by atoms with Crippen molar-refractivity contribution in [1.82, 2.24) is 15.6 Å². The first kappa shape index (κ1) is 24.1. The largest absolute Gasteiger partial charge is 0.434 e. The lowest BCUT2D eigenvalue weighted by atomic mass is 10.2. The number of anilines is 1. The molecule has 1 aliphatic rings. The van der Waals surface area contributed by atoms with Crippen molar-refractivity contribution in [3.05, 3.63) is 53.7 Å². The molecule has 30 heavy (non-hydrogen) atoms. The van der Waals surface area contributed by atoms with Crippen LogP contribution in [0.4, 0.5) is 14.6 Å². The molecule has 1 aromatic carbocycles. The van der Waals surface area contributed by atoms with Crippen molar-refractivity contribution in [2.45, 2.75) is 39.5 Å². The maximum atomic E-state index is 12.6. The number of guanidine groups is 1. The highest BCUT2D eigenvalue weighted by molar-refractivity contribution is 14.0. The average molecular weight is 531 g/mol. The highest BCUT2D eigenvalue weighted by atomic mass is 127. The topological polar surface area (TPSA) is 61.8 Å². The number of ether oxygens (including phenoxy) is 1. The van der Waals surface area contributed by atoms with Crippen LogP contribution in [-0.4, -0.2) is 37.2 Å². The van der Waals surface area contributed by atoms with Gasteiger partial charge in [-0.15, -0.1) is 24.0 Å². The van der Waals surface area contributed by atoms with Gasteiger partial charge in [0.1, 0.15) is 11.6 Å². The third-order valence-electron chi connectivity index (χ3n) is 4.64. The van der Waals surface area contributed by atoms with E-state index < -0.39 is 6.61 Å². The first-order chi connectivity index (χ1) is 14.2. The molecule has 0 aliphatic carbocycles. The summed E-state index contributed by atoms with van der Waals surface area (Å²) < 4.78 is 29.7. The first-order valence-electron chi connectivity index (χ1n) is 9.90. The molecule has 0 radical (unpaired) electrons. The van der Waals surface area contributed by atoms with Crippen molar-refractivity contribution in [2.24, 2.45) is 4.99 Å². The Morgan fingerprint density at radius 2 is 1.93 bits per heavy atom. The van der Waals surface area contributed by atoms with Gasteiger partial charge in [-0.2, -0.15) is 8.78 Å². The quantitative estimate of drug-likeness (QED) is 0.305. The van der Waals surface area contributed by atoms with Gasteiger partial charge in [0.2, 0.25) is 0 Å². The lowest BCUT2D eigenvalue weighted by molar-refractivity contribution is -0.0504. The molecule has 1 fully saturated rings. The van der Waals surface area contributed by atoms with E-state index in [1.165, 1.54) is 18.9 Å². The summed E-state index contributed by atoms with van der Waals surface area (Å²) in [6.07, 6.45) is 4.29. The lowest BCUT2D eigenvalue weighted by Crippen LogP contribution is -2.36. The molecule has 2 N–H and O–H groups in total. The van der Waals surface area contributed by atoms with E-state index in [9.17, 15) is 8.78 Å². The third kappa shape index (κ3) is 7.26. The van der Waals surface area contributed by atoms with E-state index in [2.05, 4.69) is 30.2 Å². The molecule has 0 unspecified atom stereocenters. The monoisotopic (exact) mass is 531 g/mol. The van der Waals surface area contributed by atoms with E-state index in [0.717, 1.165) is 24.5 Å². The van der Waals surface area contributed by atoms with Crippen LogP contribution in [0.3, 0.4) is 0 Å². The Balaban J connectivity index is 0.00000320. The normalized spacial score (nSPS) is 13.9. The molecular formula is C21H28F2IN5O. The number of hydrogen-bond acceptors (Lipinski definition) is 4. The summed E-state index contributed by atoms with van der Waals surface area (Å²) in [4.78, 5) is 11.4. The number of halogens is 3. The van der Waals surface area contributed by atoms with Gasteiger partial charge < -0.3 is 20.3 Å². The van der Waals surface area contributed by atoms with Crippen LogP contribution in [0, 0.1) is 0 Å². The Morgan fingerprint density at radius 1 is 1.17 bits per heavy atom. The predicted molar refractivity (Wildman–Crippen MR) is 126 cm³/mol. The molecule has 0 spiro atoms. The van der Waals surface area contributed by atoms with Crippen LogP contribution >= 0.6 is 24.0 Å². The van der Waals surface area contributed by atoms with Crippen LogP contribution in [0.15, 0.2) is 47.6 Å². The van der Waals surface area contributed by atoms with Crippen molar-refractivity contribution in [3.8, 4) is 5.75 Å². The van der Waals surface area contributed by atoms with Crippen molar-refractivity contribution in [1.29, 1.82) is 0 Å². The molecule has 1 aromatic heterocycles. The van der Waals surface area contributed by atoms with Crippen LogP contribution in [0.2, 0.25) is 0 Å². The van der Waals surface area contributed by atoms with Crippen LogP contribution in [0.25, 0.3) is 0 Å². The van der Waals surface area contributed by atoms with Crippen molar-refractivity contribution in [3.63, 3.8) is 0 Å². The first-order valence-corrected chi connectivity index (χ1v) is 9.90. The number of nitrogens with one attached hydrogen (secondary N) is 2. The minimum absolute atomic E-state index is 0. The molecule has 2 heterocycles. The highest BCUT2D eigenvalue weighted by Gasteiger charge is 2.13. The molecular weight excluding hydrogens is 503 g/mol. The zero-order valence-corrected chi connectivity index (χ0v) is 19.3. The van der Waals surface area contributed by atoms with Crippen LogP contribution in [0.5, 0.6) is 5.75 Å². The molecule has 6 nitrogen and oxygen atoms in total. The third-order valence-corrected chi connectivity index (χ3v) is 4.64. The van der Waals surface area contributed by atoms with E-state index in [1.54, 1.807) is 18.2 Å². The van der Waals surface area contributed by atoms with E-state index in [-0.39, 0.29) is 29.7 Å². The number of aromatic nitrogens is 1. The Morgan fingerprint density at radius 3 is 2.60 bits per heavy atom. The minimum Gasteiger partial charge on any atom is -0.434 e. The Kier molecular flexibility index (Phi) is 10.0. The fourth-order valence-electron chi connectivity index (χ4n) is 3.20. The van der Waals surface area contributed by atoms with Crippen LogP contribution < -0.4 is 20.3 Å². The second-order valence-electron chi connectivity index (χ2n) is 6.75. The summed E-state index contributed by atoms with van der Waals surface area (Å²) >= 11 is 0. The molecule has 2 aromatic rings. The van der Waals surface area contributed by atoms with Crippen molar-refractivity contribution < 1.29 is 13.5 Å². The molecule has 0 saturated carbocycles. The molecule has 3 rings (SSSR count). The smallest absolute Gasteiger partial charge is 0.387 e. The van der Waals surface area contributed by atoms with Gasteiger partial charge in [-0.3, -0.25) is 0 Å². The summed E-state index contributed by atoms with van der Waals surface area (Å²) in [5.41, 5.74) is 1.64. The maximum Gasteiger partial charge on any atom is 0.387 e. The summed E-state index contributed by atoms with van der Waals surface area (Å²) in [6.45, 7) is 2.73. The molecule has 164 valence electrons. The van der Waals surface area contributed by atoms with E-state index in [0.29, 0.717) is 31.2 Å². The van der Waals surface area contributed by atoms with Gasteiger partial charge in [0.05, 0.1) is 6.54 Å². The maximum absolute atomic E-state index is 12.6. The fourth-order valence-corrected chi connectivity index (χ4v) is 3.20. The second kappa shape index (κ2) is 12.5. The average Bonchev–Trinajstić information content (AvgIpc) is 3.26. The van der Waals surface area contributed by atoms with E-state index in [4.69, 9.17) is 0 Å². The van der Waals surface area contributed by atoms with Gasteiger partial charge in [-0.25, -0.2) is 9.98 Å². The van der Waals surface area contributed by atoms with Crippen LogP contribution in [0.1, 0.15) is 30.9 Å². The van der Waals surface area contributed by atoms with Crippen molar-refractivity contribution >= 4 is 35.8 Å². The number of nitrogens with zero attached hydrogens (tertiary/aromatic N) is 3. The second-order valence-corrected chi connectivity index (χ2v) is 6.75. The van der Waals surface area contributed by atoms with Gasteiger partial charge >= 0.3 is 6.61 Å².